The molecule has 0 aliphatic carbocycles. The Labute approximate surface area is 146 Å². The molecule has 122 valence electrons. The van der Waals surface area contributed by atoms with E-state index < -0.39 is 0 Å². The Morgan fingerprint density at radius 1 is 1.29 bits per heavy atom. The topological polar surface area (TPSA) is 44.2 Å². The van der Waals surface area contributed by atoms with Crippen LogP contribution < -0.4 is 0 Å². The van der Waals surface area contributed by atoms with Crippen LogP contribution in [0.15, 0.2) is 35.7 Å². The monoisotopic (exact) mass is 336 g/mol. The van der Waals surface area contributed by atoms with Gasteiger partial charge in [-0.05, 0) is 41.6 Å². The molecule has 2 aromatic rings. The quantitative estimate of drug-likeness (QED) is 0.814. The van der Waals surface area contributed by atoms with Gasteiger partial charge in [-0.25, -0.2) is 0 Å². The van der Waals surface area contributed by atoms with Gasteiger partial charge in [-0.1, -0.05) is 25.0 Å². The summed E-state index contributed by atoms with van der Waals surface area (Å²) in [5, 5.41) is 10.2. The minimum atomic E-state index is -0.0899. The van der Waals surface area contributed by atoms with Gasteiger partial charge >= 0.3 is 0 Å². The Bertz CT molecular complexity index is 856. The van der Waals surface area contributed by atoms with Gasteiger partial charge in [-0.15, -0.1) is 17.3 Å². The van der Waals surface area contributed by atoms with Gasteiger partial charge in [0.25, 0.3) is 0 Å². The first-order valence-corrected chi connectivity index (χ1v) is 8.86. The van der Waals surface area contributed by atoms with Crippen molar-refractivity contribution in [1.82, 2.24) is 4.90 Å². The summed E-state index contributed by atoms with van der Waals surface area (Å²) in [6, 6.07) is 10.4. The summed E-state index contributed by atoms with van der Waals surface area (Å²) in [4.78, 5) is 14.9. The van der Waals surface area contributed by atoms with E-state index in [1.807, 2.05) is 26.0 Å². The maximum atomic E-state index is 12.3. The molecule has 1 saturated heterocycles. The first-order chi connectivity index (χ1) is 11.5. The molecule has 0 saturated carbocycles. The van der Waals surface area contributed by atoms with Gasteiger partial charge in [0.2, 0.25) is 5.91 Å². The predicted molar refractivity (Wildman–Crippen MR) is 99.3 cm³/mol. The van der Waals surface area contributed by atoms with Crippen LogP contribution in [-0.4, -0.2) is 23.7 Å². The minimum absolute atomic E-state index is 0.0337. The van der Waals surface area contributed by atoms with Crippen molar-refractivity contribution < 1.29 is 4.79 Å². The standard InChI is InChI=1S/C20H20N2OS/c1-4-6-14-7-5-8-15(9-14)16-10-18(24-12-16)17-11-19(21)22(3)20(23)13(17)2/h5,7-10,12-13,17,21H,11H2,1-3H3/t13-,17+/m1/s1. The fraction of sp³-hybridized carbons (Fsp3) is 0.300. The van der Waals surface area contributed by atoms with E-state index in [0.717, 1.165) is 16.7 Å². The molecular formula is C20H20N2OS. The van der Waals surface area contributed by atoms with Crippen molar-refractivity contribution in [3.63, 3.8) is 0 Å². The number of hydrogen-bond donors (Lipinski definition) is 1. The number of carbonyl (C=O) groups excluding carboxylic acids is 1. The minimum Gasteiger partial charge on any atom is -0.304 e. The van der Waals surface area contributed by atoms with Gasteiger partial charge in [0, 0.05) is 35.7 Å². The number of amidine groups is 1. The second-order valence-electron chi connectivity index (χ2n) is 6.14. The summed E-state index contributed by atoms with van der Waals surface area (Å²) in [6.07, 6.45) is 0.616. The lowest BCUT2D eigenvalue weighted by Crippen LogP contribution is -2.44. The molecule has 4 heteroatoms. The summed E-state index contributed by atoms with van der Waals surface area (Å²) in [5.74, 6) is 6.45. The van der Waals surface area contributed by atoms with Gasteiger partial charge in [0.1, 0.15) is 5.84 Å². The second-order valence-corrected chi connectivity index (χ2v) is 7.08. The normalized spacial score (nSPS) is 20.7. The molecule has 1 N–H and O–H groups in total. The molecule has 0 unspecified atom stereocenters. The lowest BCUT2D eigenvalue weighted by atomic mass is 9.84. The Kier molecular flexibility index (Phi) is 4.55. The van der Waals surface area contributed by atoms with E-state index in [2.05, 4.69) is 35.4 Å². The third-order valence-corrected chi connectivity index (χ3v) is 5.66. The number of nitrogens with one attached hydrogen (secondary N) is 1. The zero-order valence-electron chi connectivity index (χ0n) is 14.1. The Morgan fingerprint density at radius 2 is 2.08 bits per heavy atom. The SMILES string of the molecule is CC#Cc1cccc(-c2csc([C@H]3CC(=N)N(C)C(=O)[C@@H]3C)c2)c1. The number of carbonyl (C=O) groups is 1. The number of rotatable bonds is 2. The van der Waals surface area contributed by atoms with Crippen LogP contribution in [0.3, 0.4) is 0 Å². The Morgan fingerprint density at radius 3 is 2.83 bits per heavy atom. The van der Waals surface area contributed by atoms with Gasteiger partial charge in [0.15, 0.2) is 0 Å². The van der Waals surface area contributed by atoms with E-state index in [1.165, 1.54) is 9.78 Å². The van der Waals surface area contributed by atoms with Crippen LogP contribution in [0.2, 0.25) is 0 Å². The summed E-state index contributed by atoms with van der Waals surface area (Å²) < 4.78 is 0. The number of nitrogens with zero attached hydrogens (tertiary/aromatic N) is 1. The molecule has 24 heavy (non-hydrogen) atoms. The molecule has 1 fully saturated rings. The molecule has 3 rings (SSSR count). The highest BCUT2D eigenvalue weighted by Crippen LogP contribution is 2.39. The average molecular weight is 336 g/mol. The molecular weight excluding hydrogens is 316 g/mol. The fourth-order valence-corrected chi connectivity index (χ4v) is 4.22. The predicted octanol–water partition coefficient (Wildman–Crippen LogP) is 4.35. The van der Waals surface area contributed by atoms with E-state index in [4.69, 9.17) is 5.41 Å². The van der Waals surface area contributed by atoms with Crippen LogP contribution in [0.4, 0.5) is 0 Å². The van der Waals surface area contributed by atoms with E-state index in [-0.39, 0.29) is 17.7 Å². The van der Waals surface area contributed by atoms with Crippen molar-refractivity contribution >= 4 is 23.1 Å². The molecule has 1 aliphatic rings. The summed E-state index contributed by atoms with van der Waals surface area (Å²) in [7, 11) is 1.69. The number of piperidine rings is 1. The molecule has 0 spiro atoms. The van der Waals surface area contributed by atoms with Gasteiger partial charge in [0.05, 0.1) is 0 Å². The Balaban J connectivity index is 1.90. The van der Waals surface area contributed by atoms with Gasteiger partial charge in [-0.2, -0.15) is 0 Å². The van der Waals surface area contributed by atoms with Crippen LogP contribution in [0.1, 0.15) is 36.6 Å². The Hall–Kier alpha value is -2.38. The lowest BCUT2D eigenvalue weighted by Gasteiger charge is -2.33. The van der Waals surface area contributed by atoms with Crippen molar-refractivity contribution in [1.29, 1.82) is 5.41 Å². The maximum absolute atomic E-state index is 12.3. The van der Waals surface area contributed by atoms with E-state index >= 15 is 0 Å². The number of amides is 1. The number of likely N-dealkylation sites (tertiary alicyclic amines) is 1. The molecule has 1 aromatic heterocycles. The molecule has 0 bridgehead atoms. The van der Waals surface area contributed by atoms with Crippen LogP contribution in [-0.2, 0) is 4.79 Å². The molecule has 1 aromatic carbocycles. The van der Waals surface area contributed by atoms with Crippen molar-refractivity contribution in [2.45, 2.75) is 26.2 Å². The highest BCUT2D eigenvalue weighted by atomic mass is 32.1. The number of thiophene rings is 1. The third-order valence-electron chi connectivity index (χ3n) is 4.59. The molecule has 0 radical (unpaired) electrons. The molecule has 2 atom stereocenters. The van der Waals surface area contributed by atoms with E-state index in [9.17, 15) is 4.79 Å². The average Bonchev–Trinajstić information content (AvgIpc) is 3.07. The molecule has 3 nitrogen and oxygen atoms in total. The highest BCUT2D eigenvalue weighted by Gasteiger charge is 2.36. The first kappa shape index (κ1) is 16.5. The third kappa shape index (κ3) is 3.00. The zero-order chi connectivity index (χ0) is 17.3. The summed E-state index contributed by atoms with van der Waals surface area (Å²) in [6.45, 7) is 3.80. The largest absolute Gasteiger partial charge is 0.304 e. The van der Waals surface area contributed by atoms with E-state index in [0.29, 0.717) is 12.3 Å². The molecule has 1 aliphatic heterocycles. The summed E-state index contributed by atoms with van der Waals surface area (Å²) >= 11 is 1.68. The van der Waals surface area contributed by atoms with Crippen molar-refractivity contribution in [3.05, 3.63) is 46.2 Å². The van der Waals surface area contributed by atoms with Crippen molar-refractivity contribution in [2.24, 2.45) is 5.92 Å². The maximum Gasteiger partial charge on any atom is 0.231 e. The smallest absolute Gasteiger partial charge is 0.231 e. The van der Waals surface area contributed by atoms with Crippen LogP contribution >= 0.6 is 11.3 Å². The number of hydrogen-bond acceptors (Lipinski definition) is 3. The highest BCUT2D eigenvalue weighted by molar-refractivity contribution is 7.10. The fourth-order valence-electron chi connectivity index (χ4n) is 3.10. The summed E-state index contributed by atoms with van der Waals surface area (Å²) in [5.41, 5.74) is 3.30. The number of benzene rings is 1. The lowest BCUT2D eigenvalue weighted by molar-refractivity contribution is -0.131. The van der Waals surface area contributed by atoms with E-state index in [1.54, 1.807) is 18.4 Å². The van der Waals surface area contributed by atoms with Crippen LogP contribution in [0, 0.1) is 23.2 Å². The van der Waals surface area contributed by atoms with Gasteiger partial charge in [-0.3, -0.25) is 10.2 Å². The molecule has 2 heterocycles. The second kappa shape index (κ2) is 6.62. The first-order valence-electron chi connectivity index (χ1n) is 7.98. The van der Waals surface area contributed by atoms with Gasteiger partial charge < -0.3 is 4.90 Å². The van der Waals surface area contributed by atoms with Crippen molar-refractivity contribution in [3.8, 4) is 23.0 Å². The van der Waals surface area contributed by atoms with Crippen molar-refractivity contribution in [2.75, 3.05) is 7.05 Å². The van der Waals surface area contributed by atoms with Crippen LogP contribution in [0.25, 0.3) is 11.1 Å². The van der Waals surface area contributed by atoms with Crippen LogP contribution in [0.5, 0.6) is 0 Å². The molecule has 1 amide bonds. The zero-order valence-corrected chi connectivity index (χ0v) is 14.9.